The number of carbonyl (C=O) groups is 2. The Bertz CT molecular complexity index is 512. The van der Waals surface area contributed by atoms with Crippen molar-refractivity contribution in [2.45, 2.75) is 60.0 Å². The van der Waals surface area contributed by atoms with E-state index in [1.807, 2.05) is 45.0 Å². The maximum atomic E-state index is 12.0. The molecule has 0 saturated carbocycles. The zero-order valence-corrected chi connectivity index (χ0v) is 14.4. The molecular weight excluding hydrogens is 278 g/mol. The van der Waals surface area contributed by atoms with Gasteiger partial charge in [-0.25, -0.2) is 0 Å². The summed E-state index contributed by atoms with van der Waals surface area (Å²) in [6.07, 6.45) is -0.520. The summed E-state index contributed by atoms with van der Waals surface area (Å²) >= 11 is 0. The molecule has 122 valence electrons. The van der Waals surface area contributed by atoms with E-state index in [1.54, 1.807) is 6.92 Å². The van der Waals surface area contributed by atoms with Crippen LogP contribution in [0.25, 0.3) is 0 Å². The molecule has 1 rings (SSSR count). The van der Waals surface area contributed by atoms with Crippen LogP contribution in [-0.2, 0) is 14.3 Å². The van der Waals surface area contributed by atoms with Gasteiger partial charge in [-0.15, -0.1) is 0 Å². The second-order valence-corrected chi connectivity index (χ2v) is 7.14. The van der Waals surface area contributed by atoms with Gasteiger partial charge in [0.05, 0.1) is 6.42 Å². The average molecular weight is 305 g/mol. The first-order valence-electron chi connectivity index (χ1n) is 7.69. The van der Waals surface area contributed by atoms with Crippen LogP contribution in [0.4, 0.5) is 5.69 Å². The van der Waals surface area contributed by atoms with Crippen LogP contribution in [-0.4, -0.2) is 18.0 Å². The van der Waals surface area contributed by atoms with E-state index in [0.717, 1.165) is 0 Å². The van der Waals surface area contributed by atoms with Crippen LogP contribution in [0.15, 0.2) is 24.3 Å². The fourth-order valence-corrected chi connectivity index (χ4v) is 1.92. The van der Waals surface area contributed by atoms with Gasteiger partial charge >= 0.3 is 5.97 Å². The summed E-state index contributed by atoms with van der Waals surface area (Å²) in [6.45, 7) is 11.7. The van der Waals surface area contributed by atoms with Crippen molar-refractivity contribution in [3.63, 3.8) is 0 Å². The van der Waals surface area contributed by atoms with Gasteiger partial charge < -0.3 is 10.1 Å². The number of benzene rings is 1. The van der Waals surface area contributed by atoms with E-state index in [2.05, 4.69) is 19.2 Å². The minimum atomic E-state index is -0.806. The smallest absolute Gasteiger partial charge is 0.307 e. The van der Waals surface area contributed by atoms with Gasteiger partial charge in [0.1, 0.15) is 0 Å². The van der Waals surface area contributed by atoms with Crippen molar-refractivity contribution in [1.29, 1.82) is 0 Å². The Morgan fingerprint density at radius 3 is 2.09 bits per heavy atom. The lowest BCUT2D eigenvalue weighted by molar-refractivity contribution is -0.154. The molecule has 0 bridgehead atoms. The van der Waals surface area contributed by atoms with E-state index < -0.39 is 6.10 Å². The molecule has 4 heteroatoms. The highest BCUT2D eigenvalue weighted by Crippen LogP contribution is 2.20. The summed E-state index contributed by atoms with van der Waals surface area (Å²) < 4.78 is 5.17. The minimum absolute atomic E-state index is 0.153. The van der Waals surface area contributed by atoms with Gasteiger partial charge in [0.25, 0.3) is 5.91 Å². The Balaban J connectivity index is 2.55. The van der Waals surface area contributed by atoms with Gasteiger partial charge in [0.2, 0.25) is 0 Å². The molecule has 0 unspecified atom stereocenters. The molecule has 1 amide bonds. The summed E-state index contributed by atoms with van der Waals surface area (Å²) in [7, 11) is 0. The first-order chi connectivity index (χ1) is 10.1. The molecular formula is C18H27NO3. The SMILES string of the molecule is CC(C)c1ccc(NC(=O)[C@H](C)OC(=O)CC(C)(C)C)cc1. The molecule has 0 heterocycles. The predicted molar refractivity (Wildman–Crippen MR) is 88.8 cm³/mol. The summed E-state index contributed by atoms with van der Waals surface area (Å²) in [6, 6.07) is 7.68. The van der Waals surface area contributed by atoms with Gasteiger partial charge in [-0.3, -0.25) is 9.59 Å². The summed E-state index contributed by atoms with van der Waals surface area (Å²) in [5, 5.41) is 2.76. The van der Waals surface area contributed by atoms with E-state index >= 15 is 0 Å². The van der Waals surface area contributed by atoms with Crippen molar-refractivity contribution in [3.8, 4) is 0 Å². The highest BCUT2D eigenvalue weighted by Gasteiger charge is 2.22. The Morgan fingerprint density at radius 1 is 1.09 bits per heavy atom. The van der Waals surface area contributed by atoms with Crippen molar-refractivity contribution in [2.75, 3.05) is 5.32 Å². The number of hydrogen-bond donors (Lipinski definition) is 1. The molecule has 0 aliphatic rings. The molecule has 1 aromatic rings. The molecule has 1 atom stereocenters. The van der Waals surface area contributed by atoms with Gasteiger partial charge in [-0.1, -0.05) is 46.8 Å². The Labute approximate surface area is 133 Å². The van der Waals surface area contributed by atoms with E-state index in [4.69, 9.17) is 4.74 Å². The van der Waals surface area contributed by atoms with Gasteiger partial charge in [-0.2, -0.15) is 0 Å². The lowest BCUT2D eigenvalue weighted by atomic mass is 9.92. The number of anilines is 1. The van der Waals surface area contributed by atoms with Crippen LogP contribution < -0.4 is 5.32 Å². The van der Waals surface area contributed by atoms with Gasteiger partial charge in [0.15, 0.2) is 6.10 Å². The molecule has 22 heavy (non-hydrogen) atoms. The number of hydrogen-bond acceptors (Lipinski definition) is 3. The fraction of sp³-hybridized carbons (Fsp3) is 0.556. The van der Waals surface area contributed by atoms with E-state index in [9.17, 15) is 9.59 Å². The third kappa shape index (κ3) is 6.29. The number of carbonyl (C=O) groups excluding carboxylic acids is 2. The lowest BCUT2D eigenvalue weighted by Crippen LogP contribution is -2.31. The topological polar surface area (TPSA) is 55.4 Å². The predicted octanol–water partition coefficient (Wildman–Crippen LogP) is 4.12. The van der Waals surface area contributed by atoms with Crippen LogP contribution in [0.2, 0.25) is 0 Å². The number of rotatable bonds is 5. The quantitative estimate of drug-likeness (QED) is 0.833. The zero-order valence-electron chi connectivity index (χ0n) is 14.4. The van der Waals surface area contributed by atoms with E-state index in [-0.39, 0.29) is 23.7 Å². The second-order valence-electron chi connectivity index (χ2n) is 7.14. The molecule has 4 nitrogen and oxygen atoms in total. The maximum absolute atomic E-state index is 12.0. The largest absolute Gasteiger partial charge is 0.453 e. The molecule has 0 radical (unpaired) electrons. The minimum Gasteiger partial charge on any atom is -0.453 e. The second kappa shape index (κ2) is 7.43. The first-order valence-corrected chi connectivity index (χ1v) is 7.69. The first kappa shape index (κ1) is 18.2. The highest BCUT2D eigenvalue weighted by atomic mass is 16.5. The summed E-state index contributed by atoms with van der Waals surface area (Å²) in [5.74, 6) is -0.230. The Kier molecular flexibility index (Phi) is 6.15. The van der Waals surface area contributed by atoms with Crippen LogP contribution >= 0.6 is 0 Å². The maximum Gasteiger partial charge on any atom is 0.307 e. The fourth-order valence-electron chi connectivity index (χ4n) is 1.92. The number of nitrogens with one attached hydrogen (secondary N) is 1. The molecule has 0 fully saturated rings. The molecule has 0 spiro atoms. The third-order valence-electron chi connectivity index (χ3n) is 3.20. The van der Waals surface area contributed by atoms with Crippen molar-refractivity contribution < 1.29 is 14.3 Å². The number of esters is 1. The number of amides is 1. The molecule has 1 aromatic carbocycles. The molecule has 0 aliphatic heterocycles. The van der Waals surface area contributed by atoms with E-state index in [1.165, 1.54) is 5.56 Å². The third-order valence-corrected chi connectivity index (χ3v) is 3.20. The van der Waals surface area contributed by atoms with Crippen molar-refractivity contribution in [3.05, 3.63) is 29.8 Å². The van der Waals surface area contributed by atoms with Crippen LogP contribution in [0.3, 0.4) is 0 Å². The molecule has 0 saturated heterocycles. The van der Waals surface area contributed by atoms with Crippen LogP contribution in [0, 0.1) is 5.41 Å². The Morgan fingerprint density at radius 2 is 1.64 bits per heavy atom. The van der Waals surface area contributed by atoms with Crippen molar-refractivity contribution in [2.24, 2.45) is 5.41 Å². The van der Waals surface area contributed by atoms with Crippen molar-refractivity contribution in [1.82, 2.24) is 0 Å². The molecule has 1 N–H and O–H groups in total. The zero-order chi connectivity index (χ0) is 16.9. The standard InChI is InChI=1S/C18H27NO3/c1-12(2)14-7-9-15(10-8-14)19-17(21)13(3)22-16(20)11-18(4,5)6/h7-10,12-13H,11H2,1-6H3,(H,19,21)/t13-/m0/s1. The highest BCUT2D eigenvalue weighted by molar-refractivity contribution is 5.95. The molecule has 0 aromatic heterocycles. The van der Waals surface area contributed by atoms with Gasteiger partial charge in [-0.05, 0) is 36.0 Å². The van der Waals surface area contributed by atoms with E-state index in [0.29, 0.717) is 11.6 Å². The normalized spacial score (nSPS) is 12.9. The van der Waals surface area contributed by atoms with Crippen molar-refractivity contribution >= 4 is 17.6 Å². The summed E-state index contributed by atoms with van der Waals surface area (Å²) in [5.41, 5.74) is 1.76. The average Bonchev–Trinajstić information content (AvgIpc) is 2.36. The Hall–Kier alpha value is -1.84. The lowest BCUT2D eigenvalue weighted by Gasteiger charge is -2.19. The number of ether oxygens (including phenoxy) is 1. The van der Waals surface area contributed by atoms with Crippen LogP contribution in [0.1, 0.15) is 59.4 Å². The van der Waals surface area contributed by atoms with Crippen LogP contribution in [0.5, 0.6) is 0 Å². The molecule has 0 aliphatic carbocycles. The summed E-state index contributed by atoms with van der Waals surface area (Å²) in [4.78, 5) is 23.8. The monoisotopic (exact) mass is 305 g/mol. The van der Waals surface area contributed by atoms with Gasteiger partial charge in [0, 0.05) is 5.69 Å².